The van der Waals surface area contributed by atoms with Crippen LogP contribution in [-0.2, 0) is 23.2 Å². The molecule has 4 rings (SSSR count). The second kappa shape index (κ2) is 8.15. The zero-order chi connectivity index (χ0) is 22.2. The predicted molar refractivity (Wildman–Crippen MR) is 114 cm³/mol. The number of β-amino-alcohol motifs (C(OH)–C–C–N with tert-alkyl or cyclic N) is 1. The zero-order valence-electron chi connectivity index (χ0n) is 17.7. The van der Waals surface area contributed by atoms with Crippen molar-refractivity contribution in [3.63, 3.8) is 0 Å². The molecule has 0 spiro atoms. The summed E-state index contributed by atoms with van der Waals surface area (Å²) in [5, 5.41) is 13.2. The van der Waals surface area contributed by atoms with Crippen molar-refractivity contribution in [2.45, 2.75) is 44.8 Å². The van der Waals surface area contributed by atoms with Gasteiger partial charge in [0.2, 0.25) is 0 Å². The fraction of sp³-hybridized carbons (Fsp3) is 0.375. The molecule has 0 radical (unpaired) electrons. The van der Waals surface area contributed by atoms with Gasteiger partial charge in [-0.3, -0.25) is 14.5 Å². The van der Waals surface area contributed by atoms with Crippen molar-refractivity contribution >= 4 is 17.7 Å². The number of hydrogen-bond donors (Lipinski definition) is 2. The lowest BCUT2D eigenvalue weighted by Crippen LogP contribution is -2.42. The van der Waals surface area contributed by atoms with E-state index in [9.17, 15) is 19.5 Å². The second-order valence-electron chi connectivity index (χ2n) is 8.36. The van der Waals surface area contributed by atoms with E-state index in [2.05, 4.69) is 5.32 Å². The Bertz CT molecular complexity index is 1050. The average molecular weight is 422 g/mol. The van der Waals surface area contributed by atoms with E-state index in [0.29, 0.717) is 11.3 Å². The number of urea groups is 1. The summed E-state index contributed by atoms with van der Waals surface area (Å²) in [4.78, 5) is 38.2. The molecule has 1 aliphatic heterocycles. The highest BCUT2D eigenvalue weighted by Gasteiger charge is 2.49. The van der Waals surface area contributed by atoms with Gasteiger partial charge in [-0.2, -0.15) is 0 Å². The van der Waals surface area contributed by atoms with E-state index in [1.165, 1.54) is 18.1 Å². The number of rotatable bonds is 7. The number of fused-ring (bicyclic) bond motifs is 1. The van der Waals surface area contributed by atoms with Crippen molar-refractivity contribution in [3.8, 4) is 5.75 Å². The Balaban J connectivity index is 1.42. The number of imide groups is 1. The van der Waals surface area contributed by atoms with E-state index in [1.807, 2.05) is 18.2 Å². The number of nitrogens with zero attached hydrogens (tertiary/aromatic N) is 1. The Hall–Kier alpha value is -3.19. The van der Waals surface area contributed by atoms with E-state index >= 15 is 0 Å². The summed E-state index contributed by atoms with van der Waals surface area (Å²) >= 11 is 0. The van der Waals surface area contributed by atoms with Crippen LogP contribution in [0.15, 0.2) is 42.5 Å². The topological polar surface area (TPSA) is 95.9 Å². The first-order valence-electron chi connectivity index (χ1n) is 10.5. The first-order chi connectivity index (χ1) is 14.8. The van der Waals surface area contributed by atoms with Crippen molar-refractivity contribution in [1.82, 2.24) is 10.2 Å². The van der Waals surface area contributed by atoms with Crippen molar-refractivity contribution in [2.24, 2.45) is 0 Å². The SMILES string of the molecule is CC(=O)c1cccc(OC[C@@H](O)CN2C(=O)N[C@@](C)(c3ccc4c(c3)CCC4)C2=O)c1. The quantitative estimate of drug-likeness (QED) is 0.528. The van der Waals surface area contributed by atoms with Crippen molar-refractivity contribution < 1.29 is 24.2 Å². The van der Waals surface area contributed by atoms with Crippen LogP contribution in [0.2, 0.25) is 0 Å². The van der Waals surface area contributed by atoms with E-state index in [1.54, 1.807) is 31.2 Å². The number of benzene rings is 2. The maximum atomic E-state index is 13.1. The van der Waals surface area contributed by atoms with Crippen LogP contribution < -0.4 is 10.1 Å². The first-order valence-corrected chi connectivity index (χ1v) is 10.5. The summed E-state index contributed by atoms with van der Waals surface area (Å²) in [7, 11) is 0. The summed E-state index contributed by atoms with van der Waals surface area (Å²) in [6.07, 6.45) is 2.05. The molecule has 162 valence electrons. The molecule has 31 heavy (non-hydrogen) atoms. The molecule has 7 nitrogen and oxygen atoms in total. The standard InChI is InChI=1S/C24H26N2O5/c1-15(27)17-6-4-8-21(12-17)31-14-20(28)13-26-22(29)24(2,25-23(26)30)19-10-9-16-5-3-7-18(16)11-19/h4,6,8-12,20,28H,3,5,7,13-14H2,1-2H3,(H,25,30)/t20-,24-/m0/s1. The third-order valence-corrected chi connectivity index (χ3v) is 6.03. The number of Topliss-reactive ketones (excluding diaryl/α,β-unsaturated/α-hetero) is 1. The van der Waals surface area contributed by atoms with Gasteiger partial charge in [-0.25, -0.2) is 4.79 Å². The molecule has 0 bridgehead atoms. The highest BCUT2D eigenvalue weighted by molar-refractivity contribution is 6.07. The van der Waals surface area contributed by atoms with Crippen molar-refractivity contribution in [3.05, 3.63) is 64.7 Å². The van der Waals surface area contributed by atoms with Gasteiger partial charge in [0.25, 0.3) is 5.91 Å². The van der Waals surface area contributed by atoms with E-state index in [4.69, 9.17) is 4.74 Å². The zero-order valence-corrected chi connectivity index (χ0v) is 17.7. The van der Waals surface area contributed by atoms with Crippen molar-refractivity contribution in [1.29, 1.82) is 0 Å². The maximum Gasteiger partial charge on any atom is 0.325 e. The predicted octanol–water partition coefficient (Wildman–Crippen LogP) is 2.58. The van der Waals surface area contributed by atoms with E-state index < -0.39 is 23.6 Å². The normalized spacial score (nSPS) is 21.1. The lowest BCUT2D eigenvalue weighted by molar-refractivity contribution is -0.132. The second-order valence-corrected chi connectivity index (χ2v) is 8.36. The van der Waals surface area contributed by atoms with Crippen LogP contribution in [0, 0.1) is 0 Å². The number of nitrogens with one attached hydrogen (secondary N) is 1. The molecule has 2 aliphatic rings. The Morgan fingerprint density at radius 1 is 1.19 bits per heavy atom. The van der Waals surface area contributed by atoms with Crippen LogP contribution >= 0.6 is 0 Å². The number of aliphatic hydroxyl groups is 1. The molecule has 3 amide bonds. The molecule has 2 aromatic rings. The Labute approximate surface area is 181 Å². The van der Waals surface area contributed by atoms with Gasteiger partial charge in [-0.1, -0.05) is 30.3 Å². The molecule has 1 saturated heterocycles. The number of aryl methyl sites for hydroxylation is 2. The van der Waals surface area contributed by atoms with E-state index in [0.717, 1.165) is 29.7 Å². The number of carbonyl (C=O) groups is 3. The highest BCUT2D eigenvalue weighted by Crippen LogP contribution is 2.32. The molecule has 2 atom stereocenters. The van der Waals surface area contributed by atoms with Gasteiger partial charge in [0.05, 0.1) is 6.54 Å². The summed E-state index contributed by atoms with van der Waals surface area (Å²) in [5.41, 5.74) is 2.61. The fourth-order valence-electron chi connectivity index (χ4n) is 4.20. The minimum absolute atomic E-state index is 0.0869. The number of carbonyl (C=O) groups excluding carboxylic acids is 3. The number of ether oxygens (including phenoxy) is 1. The minimum atomic E-state index is -1.16. The number of aliphatic hydroxyl groups excluding tert-OH is 1. The minimum Gasteiger partial charge on any atom is -0.491 e. The van der Waals surface area contributed by atoms with Gasteiger partial charge in [0, 0.05) is 5.56 Å². The van der Waals surface area contributed by atoms with Crippen LogP contribution in [-0.4, -0.2) is 47.0 Å². The summed E-state index contributed by atoms with van der Waals surface area (Å²) < 4.78 is 5.55. The third-order valence-electron chi connectivity index (χ3n) is 6.03. The monoisotopic (exact) mass is 422 g/mol. The first kappa shape index (κ1) is 21.1. The van der Waals surface area contributed by atoms with Crippen LogP contribution in [0.4, 0.5) is 4.79 Å². The van der Waals surface area contributed by atoms with E-state index in [-0.39, 0.29) is 18.9 Å². The summed E-state index contributed by atoms with van der Waals surface area (Å²) in [6, 6.07) is 12.0. The molecule has 1 aliphatic carbocycles. The van der Waals surface area contributed by atoms with Crippen LogP contribution in [0.1, 0.15) is 47.3 Å². The van der Waals surface area contributed by atoms with Gasteiger partial charge in [0.15, 0.2) is 5.78 Å². The van der Waals surface area contributed by atoms with Gasteiger partial charge in [-0.05, 0) is 61.9 Å². The summed E-state index contributed by atoms with van der Waals surface area (Å²) in [5.74, 6) is -0.0452. The molecule has 1 heterocycles. The van der Waals surface area contributed by atoms with Crippen LogP contribution in [0.3, 0.4) is 0 Å². The fourth-order valence-corrected chi connectivity index (χ4v) is 4.20. The van der Waals surface area contributed by atoms with Crippen molar-refractivity contribution in [2.75, 3.05) is 13.2 Å². The van der Waals surface area contributed by atoms with Gasteiger partial charge >= 0.3 is 6.03 Å². The Morgan fingerprint density at radius 3 is 2.74 bits per heavy atom. The average Bonchev–Trinajstić information content (AvgIpc) is 3.31. The maximum absolute atomic E-state index is 13.1. The molecule has 0 aromatic heterocycles. The van der Waals surface area contributed by atoms with Crippen LogP contribution in [0.25, 0.3) is 0 Å². The van der Waals surface area contributed by atoms with Gasteiger partial charge < -0.3 is 15.2 Å². The number of hydrogen-bond acceptors (Lipinski definition) is 5. The molecule has 0 saturated carbocycles. The number of ketones is 1. The van der Waals surface area contributed by atoms with Crippen LogP contribution in [0.5, 0.6) is 5.75 Å². The Kier molecular flexibility index (Phi) is 5.54. The Morgan fingerprint density at radius 2 is 1.97 bits per heavy atom. The molecule has 2 N–H and O–H groups in total. The molecule has 0 unspecified atom stereocenters. The molecular weight excluding hydrogens is 396 g/mol. The molecule has 1 fully saturated rings. The third kappa shape index (κ3) is 4.05. The molecular formula is C24H26N2O5. The smallest absolute Gasteiger partial charge is 0.325 e. The highest BCUT2D eigenvalue weighted by atomic mass is 16.5. The lowest BCUT2D eigenvalue weighted by Gasteiger charge is -2.24. The number of amides is 3. The molecule has 2 aromatic carbocycles. The largest absolute Gasteiger partial charge is 0.491 e. The lowest BCUT2D eigenvalue weighted by atomic mass is 9.89. The van der Waals surface area contributed by atoms with Gasteiger partial charge in [-0.15, -0.1) is 0 Å². The summed E-state index contributed by atoms with van der Waals surface area (Å²) in [6.45, 7) is 2.86. The van der Waals surface area contributed by atoms with Gasteiger partial charge in [0.1, 0.15) is 24.0 Å². The molecule has 7 heteroatoms.